The lowest BCUT2D eigenvalue weighted by Gasteiger charge is -2.35. The Kier molecular flexibility index (Phi) is 9.42. The number of nitrogens with zero attached hydrogens (tertiary/aromatic N) is 3. The van der Waals surface area contributed by atoms with Crippen molar-refractivity contribution in [2.45, 2.75) is 50.5 Å². The Labute approximate surface area is 221 Å². The average Bonchev–Trinajstić information content (AvgIpc) is 3.57. The number of carbonyl (C=O) groups excluding carboxylic acids is 3. The highest BCUT2D eigenvalue weighted by Crippen LogP contribution is 2.37. The lowest BCUT2D eigenvalue weighted by atomic mass is 9.89. The van der Waals surface area contributed by atoms with Crippen molar-refractivity contribution in [3.8, 4) is 0 Å². The third kappa shape index (κ3) is 6.58. The topological polar surface area (TPSA) is 143 Å². The van der Waals surface area contributed by atoms with Gasteiger partial charge in [-0.25, -0.2) is 0 Å². The van der Waals surface area contributed by atoms with Gasteiger partial charge in [-0.1, -0.05) is 39.3 Å². The van der Waals surface area contributed by atoms with Crippen molar-refractivity contribution in [1.29, 1.82) is 0 Å². The molecule has 1 aromatic heterocycles. The summed E-state index contributed by atoms with van der Waals surface area (Å²) in [6, 6.07) is 5.37. The molecule has 2 fully saturated rings. The van der Waals surface area contributed by atoms with Crippen molar-refractivity contribution in [3.63, 3.8) is 0 Å². The summed E-state index contributed by atoms with van der Waals surface area (Å²) in [5, 5.41) is 12.9. The number of benzene rings is 1. The van der Waals surface area contributed by atoms with Gasteiger partial charge in [-0.2, -0.15) is 15.4 Å². The Bertz CT molecular complexity index is 1090. The number of fused-ring (bicyclic) bond motifs is 1. The molecule has 198 valence electrons. The Hall–Kier alpha value is -2.15. The summed E-state index contributed by atoms with van der Waals surface area (Å²) in [7, 11) is 1.64. The maximum Gasteiger partial charge on any atom is 0.278 e. The Morgan fingerprint density at radius 1 is 1.33 bits per heavy atom. The van der Waals surface area contributed by atoms with E-state index >= 15 is 0 Å². The van der Waals surface area contributed by atoms with Crippen molar-refractivity contribution < 1.29 is 19.1 Å². The third-order valence-electron chi connectivity index (χ3n) is 7.11. The van der Waals surface area contributed by atoms with Gasteiger partial charge >= 0.3 is 0 Å². The lowest BCUT2D eigenvalue weighted by molar-refractivity contribution is -0.117. The van der Waals surface area contributed by atoms with Crippen LogP contribution in [0.1, 0.15) is 49.9 Å². The summed E-state index contributed by atoms with van der Waals surface area (Å²) < 4.78 is 5.44. The number of Topliss-reactive ketones (excluding diaryl/α,β-unsaturated/α-hetero) is 1. The number of hydrogen-bond acceptors (Lipinski definition) is 8. The van der Waals surface area contributed by atoms with Crippen LogP contribution in [-0.4, -0.2) is 81.2 Å². The number of nitrogens with two attached hydrogens (primary N) is 1. The van der Waals surface area contributed by atoms with Gasteiger partial charge in [0.1, 0.15) is 28.6 Å². The molecule has 36 heavy (non-hydrogen) atoms. The number of nitrogens with one attached hydrogen (secondary N) is 2. The summed E-state index contributed by atoms with van der Waals surface area (Å²) >= 11 is 5.12. The molecule has 0 bridgehead atoms. The molecule has 0 radical (unpaired) electrons. The summed E-state index contributed by atoms with van der Waals surface area (Å²) in [5.41, 5.74) is 7.58. The standard InChI is InChI=1S/C14H18N4O.C10H18N2O3S2/c1-14(6-2-3-7-14)9-15-13(19)10-4-5-11-12(8-10)17-18-16-11;1-6(4-12(2)9(14)16)10(11)8(17-3)7(13)5-15-10/h4-5,8H,2-3,6-7,9H2,1H3,(H,15,19)(H,16,17,18);6,8H,4-5,11H2,1-3H3,(H,14,16). The first kappa shape index (κ1) is 28.4. The fourth-order valence-corrected chi connectivity index (χ4v) is 5.81. The first-order chi connectivity index (χ1) is 17.0. The minimum atomic E-state index is -1.01. The van der Waals surface area contributed by atoms with Gasteiger partial charge in [-0.3, -0.25) is 14.4 Å². The van der Waals surface area contributed by atoms with Crippen LogP contribution in [0.3, 0.4) is 0 Å². The number of ketones is 1. The van der Waals surface area contributed by atoms with E-state index in [9.17, 15) is 14.4 Å². The molecule has 10 nitrogen and oxygen atoms in total. The van der Waals surface area contributed by atoms with E-state index in [0.29, 0.717) is 12.1 Å². The first-order valence-corrected chi connectivity index (χ1v) is 13.7. The number of rotatable bonds is 7. The van der Waals surface area contributed by atoms with E-state index in [2.05, 4.69) is 40.3 Å². The third-order valence-corrected chi connectivity index (χ3v) is 8.56. The molecule has 2 aromatic rings. The molecule has 4 rings (SSSR count). The van der Waals surface area contributed by atoms with Crippen LogP contribution in [0.4, 0.5) is 4.79 Å². The van der Waals surface area contributed by atoms with Crippen molar-refractivity contribution in [2.75, 3.05) is 33.0 Å². The van der Waals surface area contributed by atoms with Gasteiger partial charge in [-0.05, 0) is 42.7 Å². The Morgan fingerprint density at radius 3 is 2.64 bits per heavy atom. The zero-order valence-electron chi connectivity index (χ0n) is 21.2. The minimum absolute atomic E-state index is 0.00621. The number of carbonyl (C=O) groups is 3. The van der Waals surface area contributed by atoms with Gasteiger partial charge in [-0.15, -0.1) is 11.8 Å². The van der Waals surface area contributed by atoms with Gasteiger partial charge in [0, 0.05) is 31.6 Å². The molecule has 1 saturated heterocycles. The zero-order valence-corrected chi connectivity index (χ0v) is 23.0. The number of hydrogen-bond donors (Lipinski definition) is 4. The van der Waals surface area contributed by atoms with Gasteiger partial charge in [0.05, 0.1) is 0 Å². The van der Waals surface area contributed by atoms with Crippen LogP contribution in [0.5, 0.6) is 0 Å². The number of ether oxygens (including phenoxy) is 1. The Balaban J connectivity index is 0.000000202. The molecule has 2 amide bonds. The van der Waals surface area contributed by atoms with Crippen LogP contribution in [-0.2, 0) is 9.53 Å². The van der Waals surface area contributed by atoms with Crippen LogP contribution in [0.2, 0.25) is 0 Å². The first-order valence-electron chi connectivity index (χ1n) is 12.0. The number of aromatic nitrogens is 3. The van der Waals surface area contributed by atoms with Crippen molar-refractivity contribution in [3.05, 3.63) is 23.8 Å². The quantitative estimate of drug-likeness (QED) is 0.396. The average molecular weight is 537 g/mol. The van der Waals surface area contributed by atoms with Crippen LogP contribution >= 0.6 is 24.4 Å². The largest absolute Gasteiger partial charge is 0.351 e. The van der Waals surface area contributed by atoms with Crippen LogP contribution in [0, 0.1) is 11.3 Å². The number of amides is 2. The molecule has 1 aromatic carbocycles. The highest BCUT2D eigenvalue weighted by molar-refractivity contribution is 8.00. The molecule has 1 aliphatic carbocycles. The lowest BCUT2D eigenvalue weighted by Crippen LogP contribution is -2.56. The van der Waals surface area contributed by atoms with Crippen LogP contribution in [0.25, 0.3) is 11.0 Å². The van der Waals surface area contributed by atoms with Gasteiger partial charge < -0.3 is 20.7 Å². The van der Waals surface area contributed by atoms with E-state index < -0.39 is 5.72 Å². The summed E-state index contributed by atoms with van der Waals surface area (Å²) in [6.07, 6.45) is 6.79. The molecule has 1 aliphatic heterocycles. The maximum atomic E-state index is 12.1. The fraction of sp³-hybridized carbons (Fsp3) is 0.625. The maximum absolute atomic E-state index is 12.1. The second-order valence-corrected chi connectivity index (χ2v) is 11.3. The number of thioether (sulfide) groups is 1. The van der Waals surface area contributed by atoms with Crippen molar-refractivity contribution in [2.24, 2.45) is 17.1 Å². The molecule has 2 heterocycles. The normalized spacial score (nSPS) is 23.7. The molecule has 3 atom stereocenters. The van der Waals surface area contributed by atoms with Crippen LogP contribution in [0.15, 0.2) is 18.2 Å². The predicted molar refractivity (Wildman–Crippen MR) is 144 cm³/mol. The minimum Gasteiger partial charge on any atom is -0.351 e. The second kappa shape index (κ2) is 11.9. The molecule has 4 N–H and O–H groups in total. The van der Waals surface area contributed by atoms with Crippen molar-refractivity contribution >= 4 is 52.4 Å². The van der Waals surface area contributed by atoms with Gasteiger partial charge in [0.25, 0.3) is 11.1 Å². The van der Waals surface area contributed by atoms with E-state index in [1.165, 1.54) is 42.3 Å². The van der Waals surface area contributed by atoms with E-state index in [-0.39, 0.29) is 40.1 Å². The molecular weight excluding hydrogens is 500 g/mol. The summed E-state index contributed by atoms with van der Waals surface area (Å²) in [6.45, 7) is 5.33. The van der Waals surface area contributed by atoms with E-state index in [1.807, 2.05) is 19.2 Å². The number of thiol groups is 1. The van der Waals surface area contributed by atoms with Gasteiger partial charge in [0.15, 0.2) is 5.78 Å². The monoisotopic (exact) mass is 536 g/mol. The number of aromatic amines is 1. The van der Waals surface area contributed by atoms with E-state index in [1.54, 1.807) is 19.2 Å². The fourth-order valence-electron chi connectivity index (χ4n) is 4.73. The zero-order chi connectivity index (χ0) is 26.5. The highest BCUT2D eigenvalue weighted by Gasteiger charge is 2.50. The van der Waals surface area contributed by atoms with Crippen LogP contribution < -0.4 is 11.1 Å². The summed E-state index contributed by atoms with van der Waals surface area (Å²) in [4.78, 5) is 36.3. The highest BCUT2D eigenvalue weighted by atomic mass is 32.2. The smallest absolute Gasteiger partial charge is 0.278 e. The predicted octanol–water partition coefficient (Wildman–Crippen LogP) is 2.86. The van der Waals surface area contributed by atoms with Crippen molar-refractivity contribution in [1.82, 2.24) is 25.6 Å². The molecule has 2 aliphatic rings. The molecule has 3 unspecified atom stereocenters. The number of H-pyrrole nitrogens is 1. The van der Waals surface area contributed by atoms with Gasteiger partial charge in [0.2, 0.25) is 0 Å². The van der Waals surface area contributed by atoms with E-state index in [0.717, 1.165) is 17.6 Å². The molecular formula is C24H36N6O4S2. The molecule has 1 saturated carbocycles. The molecule has 0 spiro atoms. The Morgan fingerprint density at radius 2 is 2.00 bits per heavy atom. The summed E-state index contributed by atoms with van der Waals surface area (Å²) in [5.74, 6) is -0.169. The second-order valence-electron chi connectivity index (χ2n) is 10.0. The molecule has 12 heteroatoms. The SMILES string of the molecule is CC1(CNC(=O)c2ccc3n[nH]nc3c2)CCCC1.CSC1C(=O)COC1(N)C(C)CN(C)C(=O)S. The van der Waals surface area contributed by atoms with E-state index in [4.69, 9.17) is 10.5 Å².